The lowest BCUT2D eigenvalue weighted by Crippen LogP contribution is -2.40. The molecule has 1 aliphatic heterocycles. The fourth-order valence-electron chi connectivity index (χ4n) is 5.41. The van der Waals surface area contributed by atoms with Crippen LogP contribution in [0.4, 0.5) is 0 Å². The van der Waals surface area contributed by atoms with Crippen molar-refractivity contribution in [2.75, 3.05) is 13.7 Å². The van der Waals surface area contributed by atoms with E-state index in [1.807, 2.05) is 12.1 Å². The van der Waals surface area contributed by atoms with Gasteiger partial charge >= 0.3 is 0 Å². The van der Waals surface area contributed by atoms with Crippen LogP contribution in [0.5, 0.6) is 5.75 Å². The van der Waals surface area contributed by atoms with Gasteiger partial charge in [0.1, 0.15) is 5.75 Å². The second-order valence-corrected chi connectivity index (χ2v) is 8.76. The van der Waals surface area contributed by atoms with Crippen LogP contribution in [-0.2, 0) is 11.2 Å². The van der Waals surface area contributed by atoms with Crippen molar-refractivity contribution in [3.05, 3.63) is 65.4 Å². The minimum Gasteiger partial charge on any atom is -0.497 e. The summed E-state index contributed by atoms with van der Waals surface area (Å²) in [5, 5.41) is 1.28. The summed E-state index contributed by atoms with van der Waals surface area (Å²) < 4.78 is 5.36. The van der Waals surface area contributed by atoms with Gasteiger partial charge in [-0.2, -0.15) is 0 Å². The molecular weight excluding hydrogens is 372 g/mol. The topological polar surface area (TPSA) is 45.3 Å². The van der Waals surface area contributed by atoms with Crippen LogP contribution in [0.1, 0.15) is 61.4 Å². The van der Waals surface area contributed by atoms with Crippen LogP contribution >= 0.6 is 0 Å². The molecule has 0 saturated heterocycles. The fraction of sp³-hybridized carbons (Fsp3) is 0.423. The van der Waals surface area contributed by atoms with E-state index in [2.05, 4.69) is 46.3 Å². The van der Waals surface area contributed by atoms with Gasteiger partial charge in [0.2, 0.25) is 5.91 Å². The molecule has 1 fully saturated rings. The van der Waals surface area contributed by atoms with Crippen LogP contribution in [0.3, 0.4) is 0 Å². The van der Waals surface area contributed by atoms with E-state index < -0.39 is 0 Å². The number of aromatic nitrogens is 1. The summed E-state index contributed by atoms with van der Waals surface area (Å²) >= 11 is 0. The monoisotopic (exact) mass is 402 g/mol. The van der Waals surface area contributed by atoms with Crippen LogP contribution in [0, 0.1) is 5.92 Å². The van der Waals surface area contributed by atoms with Gasteiger partial charge in [-0.15, -0.1) is 0 Å². The van der Waals surface area contributed by atoms with Gasteiger partial charge in [-0.05, 0) is 48.1 Å². The van der Waals surface area contributed by atoms with Crippen LogP contribution in [0.15, 0.2) is 48.5 Å². The number of carbonyl (C=O) groups excluding carboxylic acids is 1. The molecule has 0 unspecified atom stereocenters. The number of carbonyl (C=O) groups is 1. The third kappa shape index (κ3) is 3.49. The minimum atomic E-state index is -0.0665. The van der Waals surface area contributed by atoms with Crippen LogP contribution in [0.25, 0.3) is 10.9 Å². The number of methoxy groups -OCH3 is 1. The van der Waals surface area contributed by atoms with Gasteiger partial charge in [-0.3, -0.25) is 4.79 Å². The molecule has 4 nitrogen and oxygen atoms in total. The number of fused-ring (bicyclic) bond motifs is 3. The number of hydrogen-bond donors (Lipinski definition) is 1. The number of nitrogens with one attached hydrogen (secondary N) is 1. The number of nitrogens with zero attached hydrogens (tertiary/aromatic N) is 1. The third-order valence-electron chi connectivity index (χ3n) is 7.03. The van der Waals surface area contributed by atoms with Crippen molar-refractivity contribution in [2.45, 2.75) is 51.0 Å². The third-order valence-corrected chi connectivity index (χ3v) is 7.03. The molecule has 1 aromatic heterocycles. The molecule has 1 saturated carbocycles. The summed E-state index contributed by atoms with van der Waals surface area (Å²) in [5.74, 6) is 1.86. The fourth-order valence-corrected chi connectivity index (χ4v) is 5.41. The summed E-state index contributed by atoms with van der Waals surface area (Å²) in [6, 6.07) is 16.6. The molecule has 5 rings (SSSR count). The maximum atomic E-state index is 13.4. The highest BCUT2D eigenvalue weighted by Gasteiger charge is 2.34. The zero-order chi connectivity index (χ0) is 20.5. The Morgan fingerprint density at radius 1 is 1.10 bits per heavy atom. The number of amides is 1. The Morgan fingerprint density at radius 3 is 2.63 bits per heavy atom. The highest BCUT2D eigenvalue weighted by molar-refractivity contribution is 5.86. The van der Waals surface area contributed by atoms with Crippen molar-refractivity contribution in [2.24, 2.45) is 5.92 Å². The van der Waals surface area contributed by atoms with Crippen molar-refractivity contribution < 1.29 is 9.53 Å². The van der Waals surface area contributed by atoms with E-state index >= 15 is 0 Å². The summed E-state index contributed by atoms with van der Waals surface area (Å²) in [5.41, 5.74) is 4.81. The molecule has 30 heavy (non-hydrogen) atoms. The zero-order valence-electron chi connectivity index (χ0n) is 17.7. The second kappa shape index (κ2) is 8.17. The van der Waals surface area contributed by atoms with E-state index in [1.165, 1.54) is 42.3 Å². The number of benzene rings is 2. The molecule has 1 atom stereocenters. The van der Waals surface area contributed by atoms with Gasteiger partial charge in [0.25, 0.3) is 0 Å². The van der Waals surface area contributed by atoms with E-state index in [-0.39, 0.29) is 11.9 Å². The summed E-state index contributed by atoms with van der Waals surface area (Å²) in [7, 11) is 1.68. The lowest BCUT2D eigenvalue weighted by atomic mass is 9.91. The molecule has 0 radical (unpaired) electrons. The second-order valence-electron chi connectivity index (χ2n) is 8.76. The molecule has 2 heterocycles. The summed E-state index contributed by atoms with van der Waals surface area (Å²) in [4.78, 5) is 19.1. The van der Waals surface area contributed by atoms with Crippen LogP contribution < -0.4 is 4.74 Å². The van der Waals surface area contributed by atoms with E-state index in [0.717, 1.165) is 42.1 Å². The first-order chi connectivity index (χ1) is 14.7. The minimum absolute atomic E-state index is 0.0665. The summed E-state index contributed by atoms with van der Waals surface area (Å²) in [6.07, 6.45) is 7.84. The first kappa shape index (κ1) is 19.2. The smallest absolute Gasteiger partial charge is 0.223 e. The molecule has 1 amide bonds. The van der Waals surface area contributed by atoms with Crippen molar-refractivity contribution in [3.8, 4) is 5.75 Å². The Labute approximate surface area is 178 Å². The van der Waals surface area contributed by atoms with Crippen molar-refractivity contribution in [3.63, 3.8) is 0 Å². The standard InChI is InChI=1S/C26H30N2O2/c1-30-20-13-11-19(12-14-20)26-25-22(21-8-4-5-9-23(21)27-25)16-17-28(26)24(29)15-10-18-6-2-3-7-18/h4-5,8-9,11-14,18,26-27H,2-3,6-7,10,15-17H2,1H3/t26-/m1/s1. The maximum absolute atomic E-state index is 13.4. The van der Waals surface area contributed by atoms with Crippen molar-refractivity contribution >= 4 is 16.8 Å². The van der Waals surface area contributed by atoms with E-state index in [4.69, 9.17) is 4.74 Å². The molecular formula is C26H30N2O2. The maximum Gasteiger partial charge on any atom is 0.223 e. The molecule has 1 N–H and O–H groups in total. The molecule has 2 aliphatic rings. The lowest BCUT2D eigenvalue weighted by molar-refractivity contribution is -0.133. The number of rotatable bonds is 5. The van der Waals surface area contributed by atoms with Gasteiger partial charge in [0.15, 0.2) is 0 Å². The molecule has 0 bridgehead atoms. The largest absolute Gasteiger partial charge is 0.497 e. The van der Waals surface area contributed by atoms with Gasteiger partial charge in [-0.25, -0.2) is 0 Å². The lowest BCUT2D eigenvalue weighted by Gasteiger charge is -2.36. The Hall–Kier alpha value is -2.75. The van der Waals surface area contributed by atoms with Gasteiger partial charge in [-0.1, -0.05) is 56.0 Å². The first-order valence-electron chi connectivity index (χ1n) is 11.3. The molecule has 1 aliphatic carbocycles. The Morgan fingerprint density at radius 2 is 1.87 bits per heavy atom. The van der Waals surface area contributed by atoms with E-state index in [0.29, 0.717) is 6.42 Å². The Kier molecular flexibility index (Phi) is 5.24. The number of para-hydroxylation sites is 1. The number of aromatic amines is 1. The SMILES string of the molecule is COc1ccc([C@@H]2c3[nH]c4ccccc4c3CCN2C(=O)CCC2CCCC2)cc1. The van der Waals surface area contributed by atoms with E-state index in [1.54, 1.807) is 7.11 Å². The van der Waals surface area contributed by atoms with Gasteiger partial charge < -0.3 is 14.6 Å². The van der Waals surface area contributed by atoms with Gasteiger partial charge in [0.05, 0.1) is 13.2 Å². The number of hydrogen-bond acceptors (Lipinski definition) is 2. The quantitative estimate of drug-likeness (QED) is 0.602. The van der Waals surface area contributed by atoms with Crippen molar-refractivity contribution in [1.82, 2.24) is 9.88 Å². The van der Waals surface area contributed by atoms with Gasteiger partial charge in [0, 0.05) is 29.6 Å². The van der Waals surface area contributed by atoms with Crippen molar-refractivity contribution in [1.29, 1.82) is 0 Å². The highest BCUT2D eigenvalue weighted by Crippen LogP contribution is 2.39. The molecule has 4 heteroatoms. The highest BCUT2D eigenvalue weighted by atomic mass is 16.5. The average Bonchev–Trinajstić information content (AvgIpc) is 3.44. The molecule has 3 aromatic rings. The predicted octanol–water partition coefficient (Wildman–Crippen LogP) is 5.62. The van der Waals surface area contributed by atoms with Crippen LogP contribution in [-0.4, -0.2) is 29.4 Å². The Balaban J connectivity index is 1.49. The molecule has 2 aromatic carbocycles. The van der Waals surface area contributed by atoms with Crippen LogP contribution in [0.2, 0.25) is 0 Å². The average molecular weight is 403 g/mol. The zero-order valence-corrected chi connectivity index (χ0v) is 17.7. The molecule has 0 spiro atoms. The Bertz CT molecular complexity index is 1030. The predicted molar refractivity (Wildman–Crippen MR) is 120 cm³/mol. The first-order valence-corrected chi connectivity index (χ1v) is 11.3. The molecule has 156 valence electrons. The number of ether oxygens (including phenoxy) is 1. The van der Waals surface area contributed by atoms with E-state index in [9.17, 15) is 4.79 Å². The normalized spacial score (nSPS) is 19.2. The number of H-pyrrole nitrogens is 1. The summed E-state index contributed by atoms with van der Waals surface area (Å²) in [6.45, 7) is 0.773.